The number of hydrogen-bond donors (Lipinski definition) is 3. The Hall–Kier alpha value is -0.860. The number of rotatable bonds is 2. The summed E-state index contributed by atoms with van der Waals surface area (Å²) in [6, 6.07) is 1.10. The number of nitrogens with zero attached hydrogens (tertiary/aromatic N) is 1. The lowest BCUT2D eigenvalue weighted by atomic mass is 10.1. The third-order valence-corrected chi connectivity index (χ3v) is 5.13. The SMILES string of the molecule is O=c1ccn([C@@]2(Cl)CO[C@@]3(CO)C(Cl)[C@@]32O)c(=O)[nH]1. The van der Waals surface area contributed by atoms with Crippen LogP contribution in [0.3, 0.4) is 0 Å². The van der Waals surface area contributed by atoms with E-state index in [9.17, 15) is 19.8 Å². The Morgan fingerprint density at radius 3 is 2.74 bits per heavy atom. The van der Waals surface area contributed by atoms with Gasteiger partial charge in [0.25, 0.3) is 5.56 Å². The van der Waals surface area contributed by atoms with E-state index in [1.807, 2.05) is 4.98 Å². The van der Waals surface area contributed by atoms with Crippen molar-refractivity contribution in [3.05, 3.63) is 33.1 Å². The van der Waals surface area contributed by atoms with Gasteiger partial charge in [-0.25, -0.2) is 4.79 Å². The van der Waals surface area contributed by atoms with Crippen LogP contribution in [0.2, 0.25) is 0 Å². The molecule has 104 valence electrons. The molecule has 1 aromatic rings. The van der Waals surface area contributed by atoms with Gasteiger partial charge in [0.2, 0.25) is 0 Å². The smallest absolute Gasteiger partial charge is 0.329 e. The van der Waals surface area contributed by atoms with Crippen LogP contribution in [0.25, 0.3) is 0 Å². The van der Waals surface area contributed by atoms with Crippen LogP contribution in [0.1, 0.15) is 0 Å². The van der Waals surface area contributed by atoms with Crippen LogP contribution in [0.15, 0.2) is 21.9 Å². The molecule has 1 aromatic heterocycles. The maximum atomic E-state index is 11.8. The van der Waals surface area contributed by atoms with Crippen LogP contribution in [-0.2, 0) is 9.73 Å². The van der Waals surface area contributed by atoms with Crippen molar-refractivity contribution in [2.45, 2.75) is 21.6 Å². The summed E-state index contributed by atoms with van der Waals surface area (Å²) < 4.78 is 6.27. The average Bonchev–Trinajstić information content (AvgIpc) is 2.73. The van der Waals surface area contributed by atoms with Gasteiger partial charge in [0.05, 0.1) is 13.2 Å². The second kappa shape index (κ2) is 3.62. The van der Waals surface area contributed by atoms with Gasteiger partial charge in [0.15, 0.2) is 10.6 Å². The van der Waals surface area contributed by atoms with Crippen LogP contribution < -0.4 is 11.2 Å². The summed E-state index contributed by atoms with van der Waals surface area (Å²) in [6.45, 7) is -0.745. The number of halogens is 2. The molecule has 19 heavy (non-hydrogen) atoms. The van der Waals surface area contributed by atoms with Crippen molar-refractivity contribution in [2.24, 2.45) is 0 Å². The Morgan fingerprint density at radius 1 is 1.58 bits per heavy atom. The third-order valence-electron chi connectivity index (χ3n) is 3.88. The molecule has 1 aliphatic heterocycles. The van der Waals surface area contributed by atoms with Gasteiger partial charge in [0.1, 0.15) is 11.0 Å². The Bertz CT molecular complexity index is 660. The summed E-state index contributed by atoms with van der Waals surface area (Å²) in [5.41, 5.74) is -4.55. The maximum Gasteiger partial charge on any atom is 0.329 e. The molecule has 2 aliphatic rings. The highest BCUT2D eigenvalue weighted by atomic mass is 35.5. The predicted octanol–water partition coefficient (Wildman–Crippen LogP) is -1.46. The Kier molecular flexibility index (Phi) is 2.50. The highest BCUT2D eigenvalue weighted by Gasteiger charge is 2.90. The number of hydrogen-bond acceptors (Lipinski definition) is 5. The molecular weight excluding hydrogens is 299 g/mol. The first-order valence-corrected chi connectivity index (χ1v) is 6.27. The van der Waals surface area contributed by atoms with Crippen LogP contribution in [0.5, 0.6) is 0 Å². The zero-order valence-corrected chi connectivity index (χ0v) is 11.0. The van der Waals surface area contributed by atoms with Crippen LogP contribution >= 0.6 is 23.2 Å². The van der Waals surface area contributed by atoms with Gasteiger partial charge in [-0.2, -0.15) is 0 Å². The van der Waals surface area contributed by atoms with Crippen LogP contribution in [0, 0.1) is 0 Å². The van der Waals surface area contributed by atoms with Crippen molar-refractivity contribution in [1.29, 1.82) is 0 Å². The summed E-state index contributed by atoms with van der Waals surface area (Å²) in [7, 11) is 0. The van der Waals surface area contributed by atoms with Crippen molar-refractivity contribution in [3.63, 3.8) is 0 Å². The maximum absolute atomic E-state index is 11.8. The van der Waals surface area contributed by atoms with Gasteiger partial charge >= 0.3 is 5.69 Å². The lowest BCUT2D eigenvalue weighted by Gasteiger charge is -2.29. The van der Waals surface area contributed by atoms with Crippen molar-refractivity contribution in [1.82, 2.24) is 9.55 Å². The van der Waals surface area contributed by atoms with E-state index in [4.69, 9.17) is 27.9 Å². The standard InChI is InChI=1S/C10H10Cl2N2O5/c11-6-8(3-15)10(6,18)9(12,4-19-8)14-2-1-5(16)13-7(14)17/h1-2,6,15,18H,3-4H2,(H,13,16,17)/t6?,8-,9-,10+/m0/s1. The van der Waals surface area contributed by atoms with E-state index in [1.54, 1.807) is 0 Å². The molecule has 7 nitrogen and oxygen atoms in total. The van der Waals surface area contributed by atoms with Crippen molar-refractivity contribution in [3.8, 4) is 0 Å². The molecule has 1 saturated heterocycles. The number of ether oxygens (including phenoxy) is 1. The molecule has 3 N–H and O–H groups in total. The number of alkyl halides is 2. The number of aliphatic hydroxyl groups is 2. The molecule has 9 heteroatoms. The quantitative estimate of drug-likeness (QED) is 0.579. The lowest BCUT2D eigenvalue weighted by Crippen LogP contribution is -2.51. The van der Waals surface area contributed by atoms with Gasteiger partial charge in [-0.3, -0.25) is 14.3 Å². The Morgan fingerprint density at radius 2 is 2.26 bits per heavy atom. The molecule has 1 aliphatic carbocycles. The Balaban J connectivity index is 2.16. The molecule has 0 amide bonds. The average molecular weight is 309 g/mol. The van der Waals surface area contributed by atoms with E-state index in [1.165, 1.54) is 0 Å². The summed E-state index contributed by atoms with van der Waals surface area (Å²) in [5, 5.41) is 18.9. The summed E-state index contributed by atoms with van der Waals surface area (Å²) in [6.07, 6.45) is 1.16. The van der Waals surface area contributed by atoms with E-state index >= 15 is 0 Å². The van der Waals surface area contributed by atoms with E-state index in [0.717, 1.165) is 16.8 Å². The molecule has 2 heterocycles. The van der Waals surface area contributed by atoms with Gasteiger partial charge in [0, 0.05) is 12.3 Å². The minimum atomic E-state index is -1.79. The minimum absolute atomic E-state index is 0.221. The van der Waals surface area contributed by atoms with Crippen LogP contribution in [0.4, 0.5) is 0 Å². The third kappa shape index (κ3) is 1.25. The van der Waals surface area contributed by atoms with Crippen molar-refractivity contribution < 1.29 is 14.9 Å². The van der Waals surface area contributed by atoms with Crippen molar-refractivity contribution in [2.75, 3.05) is 13.2 Å². The number of aromatic nitrogens is 2. The first-order chi connectivity index (χ1) is 8.83. The van der Waals surface area contributed by atoms with Gasteiger partial charge in [-0.05, 0) is 0 Å². The second-order valence-corrected chi connectivity index (χ2v) is 5.77. The van der Waals surface area contributed by atoms with Crippen LogP contribution in [-0.4, -0.2) is 49.6 Å². The topological polar surface area (TPSA) is 105 Å². The van der Waals surface area contributed by atoms with Crippen molar-refractivity contribution >= 4 is 23.2 Å². The molecule has 0 spiro atoms. The van der Waals surface area contributed by atoms with E-state index in [2.05, 4.69) is 0 Å². The van der Waals surface area contributed by atoms with E-state index < -0.39 is 39.4 Å². The minimum Gasteiger partial charge on any atom is -0.393 e. The second-order valence-electron chi connectivity index (χ2n) is 4.70. The molecular formula is C10H10Cl2N2O5. The van der Waals surface area contributed by atoms with Gasteiger partial charge in [-0.15, -0.1) is 11.6 Å². The fourth-order valence-electron chi connectivity index (χ4n) is 2.68. The monoisotopic (exact) mass is 308 g/mol. The number of nitrogens with one attached hydrogen (secondary N) is 1. The number of H-pyrrole nitrogens is 1. The van der Waals surface area contributed by atoms with Gasteiger partial charge < -0.3 is 14.9 Å². The fraction of sp³-hybridized carbons (Fsp3) is 0.600. The molecule has 3 rings (SSSR count). The number of aliphatic hydroxyl groups excluding tert-OH is 1. The van der Waals surface area contributed by atoms with E-state index in [-0.39, 0.29) is 6.61 Å². The fourth-order valence-corrected chi connectivity index (χ4v) is 3.79. The molecule has 0 radical (unpaired) electrons. The predicted molar refractivity (Wildman–Crippen MR) is 65.5 cm³/mol. The molecule has 1 saturated carbocycles. The first kappa shape index (κ1) is 13.1. The largest absolute Gasteiger partial charge is 0.393 e. The lowest BCUT2D eigenvalue weighted by molar-refractivity contribution is -0.00490. The number of aromatic amines is 1. The molecule has 4 atom stereocenters. The molecule has 0 aromatic carbocycles. The summed E-state index contributed by atoms with van der Waals surface area (Å²) in [5.74, 6) is 0. The molecule has 0 bridgehead atoms. The van der Waals surface area contributed by atoms with Gasteiger partial charge in [-0.1, -0.05) is 11.6 Å². The summed E-state index contributed by atoms with van der Waals surface area (Å²) >= 11 is 12.3. The zero-order chi connectivity index (χ0) is 14.1. The Labute approximate surface area is 116 Å². The first-order valence-electron chi connectivity index (χ1n) is 5.46. The van der Waals surface area contributed by atoms with E-state index in [0.29, 0.717) is 0 Å². The highest BCUT2D eigenvalue weighted by Crippen LogP contribution is 2.68. The summed E-state index contributed by atoms with van der Waals surface area (Å²) in [4.78, 5) is 23.2. The molecule has 1 unspecified atom stereocenters. The molecule has 2 fully saturated rings. The normalized spacial score (nSPS) is 44.1. The number of fused-ring (bicyclic) bond motifs is 1. The zero-order valence-electron chi connectivity index (χ0n) is 9.47. The highest BCUT2D eigenvalue weighted by molar-refractivity contribution is 6.30.